The monoisotopic (exact) mass is 247 g/mol. The molecule has 1 unspecified atom stereocenters. The normalized spacial score (nSPS) is 19.6. The van der Waals surface area contributed by atoms with Gasteiger partial charge in [-0.05, 0) is 31.4 Å². The lowest BCUT2D eigenvalue weighted by Gasteiger charge is -2.33. The summed E-state index contributed by atoms with van der Waals surface area (Å²) in [6, 6.07) is 9.85. The minimum Gasteiger partial charge on any atom is -0.489 e. The van der Waals surface area contributed by atoms with Crippen molar-refractivity contribution in [3.63, 3.8) is 0 Å². The maximum Gasteiger partial charge on any atom is 0.222 e. The third kappa shape index (κ3) is 3.49. The number of ether oxygens (including phenoxy) is 1. The first kappa shape index (κ1) is 12.9. The number of benzene rings is 1. The van der Waals surface area contributed by atoms with Crippen LogP contribution in [0.3, 0.4) is 0 Å². The standard InChI is InChI=1S/C15H21NO2/c1-2-7-15(17)16-11-6-10-14(12-16)18-13-8-4-3-5-9-13/h3-5,8-9,14H,2,6-7,10-12H2,1H3. The van der Waals surface area contributed by atoms with E-state index in [4.69, 9.17) is 4.74 Å². The second-order valence-corrected chi connectivity index (χ2v) is 4.78. The summed E-state index contributed by atoms with van der Waals surface area (Å²) in [5, 5.41) is 0. The number of para-hydroxylation sites is 1. The highest BCUT2D eigenvalue weighted by molar-refractivity contribution is 5.76. The zero-order valence-corrected chi connectivity index (χ0v) is 11.0. The average Bonchev–Trinajstić information content (AvgIpc) is 2.40. The van der Waals surface area contributed by atoms with Crippen LogP contribution in [0.1, 0.15) is 32.6 Å². The van der Waals surface area contributed by atoms with Gasteiger partial charge in [0.15, 0.2) is 0 Å². The van der Waals surface area contributed by atoms with Crippen LogP contribution in [0.2, 0.25) is 0 Å². The highest BCUT2D eigenvalue weighted by Crippen LogP contribution is 2.18. The first-order valence-electron chi connectivity index (χ1n) is 6.79. The van der Waals surface area contributed by atoms with Crippen molar-refractivity contribution in [2.75, 3.05) is 13.1 Å². The lowest BCUT2D eigenvalue weighted by atomic mass is 10.1. The molecule has 0 aromatic heterocycles. The number of carbonyl (C=O) groups is 1. The molecule has 3 nitrogen and oxygen atoms in total. The van der Waals surface area contributed by atoms with E-state index in [2.05, 4.69) is 0 Å². The first-order chi connectivity index (χ1) is 8.79. The number of hydrogen-bond donors (Lipinski definition) is 0. The zero-order chi connectivity index (χ0) is 12.8. The molecule has 0 spiro atoms. The molecule has 1 aromatic carbocycles. The molecule has 0 saturated carbocycles. The third-order valence-corrected chi connectivity index (χ3v) is 3.24. The van der Waals surface area contributed by atoms with Crippen molar-refractivity contribution in [3.05, 3.63) is 30.3 Å². The molecule has 1 saturated heterocycles. The lowest BCUT2D eigenvalue weighted by molar-refractivity contribution is -0.133. The second-order valence-electron chi connectivity index (χ2n) is 4.78. The summed E-state index contributed by atoms with van der Waals surface area (Å²) in [4.78, 5) is 13.8. The smallest absolute Gasteiger partial charge is 0.222 e. The minimum absolute atomic E-state index is 0.141. The predicted molar refractivity (Wildman–Crippen MR) is 71.6 cm³/mol. The molecule has 2 rings (SSSR count). The van der Waals surface area contributed by atoms with Gasteiger partial charge in [0.05, 0.1) is 6.54 Å². The van der Waals surface area contributed by atoms with Gasteiger partial charge in [0.2, 0.25) is 5.91 Å². The number of rotatable bonds is 4. The molecule has 98 valence electrons. The maximum absolute atomic E-state index is 11.9. The molecule has 1 atom stereocenters. The number of likely N-dealkylation sites (tertiary alicyclic amines) is 1. The van der Waals surface area contributed by atoms with E-state index in [1.54, 1.807) is 0 Å². The minimum atomic E-state index is 0.141. The predicted octanol–water partition coefficient (Wildman–Crippen LogP) is 2.86. The molecule has 1 aromatic rings. The first-order valence-corrected chi connectivity index (χ1v) is 6.79. The molecule has 1 amide bonds. The van der Waals surface area contributed by atoms with Gasteiger partial charge in [-0.15, -0.1) is 0 Å². The molecule has 1 aliphatic heterocycles. The molecule has 1 aliphatic rings. The third-order valence-electron chi connectivity index (χ3n) is 3.24. The summed E-state index contributed by atoms with van der Waals surface area (Å²) >= 11 is 0. The second kappa shape index (κ2) is 6.43. The number of hydrogen-bond acceptors (Lipinski definition) is 2. The Morgan fingerprint density at radius 2 is 2.17 bits per heavy atom. The van der Waals surface area contributed by atoms with Crippen molar-refractivity contribution in [2.24, 2.45) is 0 Å². The average molecular weight is 247 g/mol. The maximum atomic E-state index is 11.9. The Bertz CT molecular complexity index is 377. The van der Waals surface area contributed by atoms with Crippen molar-refractivity contribution in [1.29, 1.82) is 0 Å². The molecule has 0 radical (unpaired) electrons. The Morgan fingerprint density at radius 3 is 2.89 bits per heavy atom. The van der Waals surface area contributed by atoms with Crippen LogP contribution in [0.4, 0.5) is 0 Å². The summed E-state index contributed by atoms with van der Waals surface area (Å²) in [6.07, 6.45) is 3.77. The summed E-state index contributed by atoms with van der Waals surface area (Å²) < 4.78 is 5.92. The van der Waals surface area contributed by atoms with Crippen LogP contribution in [0.5, 0.6) is 5.75 Å². The molecule has 0 N–H and O–H groups in total. The Labute approximate surface area is 109 Å². The van der Waals surface area contributed by atoms with Crippen LogP contribution < -0.4 is 4.74 Å². The molecule has 3 heteroatoms. The van der Waals surface area contributed by atoms with E-state index in [-0.39, 0.29) is 12.0 Å². The zero-order valence-electron chi connectivity index (χ0n) is 11.0. The fourth-order valence-electron chi connectivity index (χ4n) is 2.32. The SMILES string of the molecule is CCCC(=O)N1CCCC(Oc2ccccc2)C1. The van der Waals surface area contributed by atoms with E-state index in [0.717, 1.165) is 38.1 Å². The number of nitrogens with zero attached hydrogens (tertiary/aromatic N) is 1. The molecular formula is C15H21NO2. The van der Waals surface area contributed by atoms with Gasteiger partial charge in [-0.3, -0.25) is 4.79 Å². The molecule has 0 aliphatic carbocycles. The molecule has 1 fully saturated rings. The molecule has 18 heavy (non-hydrogen) atoms. The van der Waals surface area contributed by atoms with Crippen molar-refractivity contribution >= 4 is 5.91 Å². The number of carbonyl (C=O) groups excluding carboxylic acids is 1. The van der Waals surface area contributed by atoms with Crippen molar-refractivity contribution < 1.29 is 9.53 Å². The van der Waals surface area contributed by atoms with Crippen LogP contribution in [-0.2, 0) is 4.79 Å². The van der Waals surface area contributed by atoms with E-state index >= 15 is 0 Å². The highest BCUT2D eigenvalue weighted by atomic mass is 16.5. The highest BCUT2D eigenvalue weighted by Gasteiger charge is 2.24. The van der Waals surface area contributed by atoms with Gasteiger partial charge < -0.3 is 9.64 Å². The molecular weight excluding hydrogens is 226 g/mol. The van der Waals surface area contributed by atoms with Crippen molar-refractivity contribution in [3.8, 4) is 5.75 Å². The van der Waals surface area contributed by atoms with Gasteiger partial charge in [0, 0.05) is 13.0 Å². The van der Waals surface area contributed by atoms with Crippen LogP contribution in [0.15, 0.2) is 30.3 Å². The van der Waals surface area contributed by atoms with Crippen molar-refractivity contribution in [2.45, 2.75) is 38.7 Å². The Kier molecular flexibility index (Phi) is 4.62. The van der Waals surface area contributed by atoms with Gasteiger partial charge in [-0.2, -0.15) is 0 Å². The topological polar surface area (TPSA) is 29.5 Å². The quantitative estimate of drug-likeness (QED) is 0.818. The summed E-state index contributed by atoms with van der Waals surface area (Å²) in [6.45, 7) is 3.65. The van der Waals surface area contributed by atoms with Crippen molar-refractivity contribution in [1.82, 2.24) is 4.90 Å². The number of piperidine rings is 1. The van der Waals surface area contributed by atoms with E-state index in [9.17, 15) is 4.79 Å². The Balaban J connectivity index is 1.89. The lowest BCUT2D eigenvalue weighted by Crippen LogP contribution is -2.44. The van der Waals surface area contributed by atoms with Gasteiger partial charge in [-0.1, -0.05) is 25.1 Å². The van der Waals surface area contributed by atoms with Crippen LogP contribution in [0, 0.1) is 0 Å². The van der Waals surface area contributed by atoms with Crippen LogP contribution in [0.25, 0.3) is 0 Å². The largest absolute Gasteiger partial charge is 0.489 e. The van der Waals surface area contributed by atoms with Gasteiger partial charge in [0.25, 0.3) is 0 Å². The van der Waals surface area contributed by atoms with Gasteiger partial charge >= 0.3 is 0 Å². The van der Waals surface area contributed by atoms with Crippen LogP contribution >= 0.6 is 0 Å². The Morgan fingerprint density at radius 1 is 1.39 bits per heavy atom. The summed E-state index contributed by atoms with van der Waals surface area (Å²) in [5.41, 5.74) is 0. The molecule has 0 bridgehead atoms. The fourth-order valence-corrected chi connectivity index (χ4v) is 2.32. The fraction of sp³-hybridized carbons (Fsp3) is 0.533. The molecule has 1 heterocycles. The Hall–Kier alpha value is -1.51. The van der Waals surface area contributed by atoms with Gasteiger partial charge in [0.1, 0.15) is 11.9 Å². The van der Waals surface area contributed by atoms with E-state index in [1.165, 1.54) is 0 Å². The van der Waals surface area contributed by atoms with E-state index in [0.29, 0.717) is 6.42 Å². The van der Waals surface area contributed by atoms with Crippen LogP contribution in [-0.4, -0.2) is 30.0 Å². The number of amides is 1. The summed E-state index contributed by atoms with van der Waals surface area (Å²) in [7, 11) is 0. The van der Waals surface area contributed by atoms with E-state index in [1.807, 2.05) is 42.2 Å². The summed E-state index contributed by atoms with van der Waals surface area (Å²) in [5.74, 6) is 1.16. The van der Waals surface area contributed by atoms with E-state index < -0.39 is 0 Å². The van der Waals surface area contributed by atoms with Gasteiger partial charge in [-0.25, -0.2) is 0 Å².